The summed E-state index contributed by atoms with van der Waals surface area (Å²) in [6.07, 6.45) is 5.96. The highest BCUT2D eigenvalue weighted by atomic mass is 35.5. The first-order valence-electron chi connectivity index (χ1n) is 19.3. The van der Waals surface area contributed by atoms with Crippen molar-refractivity contribution in [2.45, 2.75) is 51.0 Å². The molecule has 5 aromatic rings. The molecule has 0 saturated carbocycles. The molecule has 6 heterocycles. The molecular formula is C41H44ClN9O6. The molecule has 4 amide bonds. The second-order valence-corrected chi connectivity index (χ2v) is 15.4. The molecule has 15 nitrogen and oxygen atoms in total. The van der Waals surface area contributed by atoms with E-state index in [2.05, 4.69) is 30.7 Å². The van der Waals surface area contributed by atoms with Crippen LogP contribution in [0.2, 0.25) is 5.02 Å². The summed E-state index contributed by atoms with van der Waals surface area (Å²) < 4.78 is 13.9. The summed E-state index contributed by atoms with van der Waals surface area (Å²) in [6.45, 7) is 5.05. The molecule has 16 heteroatoms. The minimum absolute atomic E-state index is 0.0259. The zero-order chi connectivity index (χ0) is 39.6. The van der Waals surface area contributed by atoms with E-state index < -0.39 is 6.10 Å². The van der Waals surface area contributed by atoms with Gasteiger partial charge in [0.25, 0.3) is 5.91 Å². The fraction of sp³-hybridized carbons (Fsp3) is 0.390. The van der Waals surface area contributed by atoms with Crippen molar-refractivity contribution in [2.75, 3.05) is 44.6 Å². The summed E-state index contributed by atoms with van der Waals surface area (Å²) in [7, 11) is 1.85. The summed E-state index contributed by atoms with van der Waals surface area (Å²) in [4.78, 5) is 66.7. The normalized spacial score (nSPS) is 20.1. The summed E-state index contributed by atoms with van der Waals surface area (Å²) in [5.41, 5.74) is 4.98. The Balaban J connectivity index is 0.829. The van der Waals surface area contributed by atoms with Crippen LogP contribution in [0.1, 0.15) is 59.6 Å². The number of likely N-dealkylation sites (tertiary alicyclic amines) is 1. The van der Waals surface area contributed by atoms with E-state index in [0.29, 0.717) is 91.2 Å². The number of anilines is 1. The zero-order valence-electron chi connectivity index (χ0n) is 31.8. The lowest BCUT2D eigenvalue weighted by molar-refractivity contribution is -0.137. The van der Waals surface area contributed by atoms with Gasteiger partial charge in [-0.15, -0.1) is 0 Å². The minimum atomic E-state index is -0.398. The molecule has 0 aliphatic carbocycles. The van der Waals surface area contributed by atoms with Crippen molar-refractivity contribution < 1.29 is 28.7 Å². The van der Waals surface area contributed by atoms with Crippen molar-refractivity contribution in [1.29, 1.82) is 0 Å². The van der Waals surface area contributed by atoms with Gasteiger partial charge in [-0.2, -0.15) is 5.10 Å². The summed E-state index contributed by atoms with van der Waals surface area (Å²) in [5.74, 6) is 0.837. The second-order valence-electron chi connectivity index (χ2n) is 15.0. The quantitative estimate of drug-likeness (QED) is 0.159. The van der Waals surface area contributed by atoms with E-state index in [1.807, 2.05) is 49.3 Å². The molecular weight excluding hydrogens is 750 g/mol. The molecule has 8 rings (SSSR count). The Bertz CT molecular complexity index is 2310. The van der Waals surface area contributed by atoms with Crippen LogP contribution in [0.5, 0.6) is 11.5 Å². The van der Waals surface area contributed by atoms with Crippen molar-refractivity contribution in [3.63, 3.8) is 0 Å². The number of aromatic amines is 1. The monoisotopic (exact) mass is 793 g/mol. The van der Waals surface area contributed by atoms with E-state index >= 15 is 0 Å². The zero-order valence-corrected chi connectivity index (χ0v) is 32.6. The van der Waals surface area contributed by atoms with E-state index in [1.165, 1.54) is 6.20 Å². The van der Waals surface area contributed by atoms with Crippen molar-refractivity contribution in [3.05, 3.63) is 82.8 Å². The third kappa shape index (κ3) is 8.49. The number of nitrogens with one attached hydrogen (secondary N) is 3. The van der Waals surface area contributed by atoms with Gasteiger partial charge in [-0.3, -0.25) is 29.2 Å². The van der Waals surface area contributed by atoms with E-state index in [9.17, 15) is 19.2 Å². The SMILES string of the molecule is Cc1nn(C)cc1-c1nc2ncc(Cl)c(Oc3ccc(C(=O)N4CCOC(CC(=O)N5CCCC(CNc6ccc([C@@H]7CCC(=O)NC7=O)cc6)C5)C4)cc3)c2[nH]1. The molecule has 3 aromatic heterocycles. The number of halogens is 1. The van der Waals surface area contributed by atoms with Gasteiger partial charge in [-0.1, -0.05) is 23.7 Å². The molecule has 3 fully saturated rings. The van der Waals surface area contributed by atoms with E-state index in [1.54, 1.807) is 33.8 Å². The van der Waals surface area contributed by atoms with Crippen molar-refractivity contribution in [1.82, 2.24) is 39.8 Å². The average Bonchev–Trinajstić information content (AvgIpc) is 3.80. The highest BCUT2D eigenvalue weighted by molar-refractivity contribution is 6.32. The molecule has 3 aliphatic rings. The Kier molecular flexibility index (Phi) is 10.9. The van der Waals surface area contributed by atoms with Crippen molar-refractivity contribution in [2.24, 2.45) is 13.0 Å². The molecule has 57 heavy (non-hydrogen) atoms. The van der Waals surface area contributed by atoms with E-state index in [0.717, 1.165) is 35.3 Å². The van der Waals surface area contributed by atoms with Crippen LogP contribution in [0.4, 0.5) is 5.69 Å². The van der Waals surface area contributed by atoms with Gasteiger partial charge in [0.15, 0.2) is 11.4 Å². The van der Waals surface area contributed by atoms with Gasteiger partial charge in [0, 0.05) is 63.6 Å². The number of morpholine rings is 1. The minimum Gasteiger partial charge on any atom is -0.453 e. The number of piperidine rings is 2. The Labute approximate surface area is 334 Å². The van der Waals surface area contributed by atoms with Crippen LogP contribution in [-0.4, -0.2) is 104 Å². The number of pyridine rings is 1. The molecule has 3 atom stereocenters. The number of aryl methyl sites for hydroxylation is 2. The molecule has 0 radical (unpaired) electrons. The first kappa shape index (κ1) is 38.1. The standard InChI is InChI=1S/C41H44ClN9O6/c1-24-32(23-49(2)48-24)38-46-36-37(33(42)20-44-39(36)47-38)57-29-11-7-27(8-12-29)41(55)51-16-17-56-30(22-51)18-35(53)50-15-3-4-25(21-50)19-43-28-9-5-26(6-10-28)31-13-14-34(52)45-40(31)54/h5-12,20,23,25,30-31,43H,3-4,13-19,21-22H2,1-2H3,(H,44,46,47)(H,45,52,54)/t25?,30?,31-/m0/s1. The van der Waals surface area contributed by atoms with E-state index in [-0.39, 0.29) is 41.9 Å². The maximum absolute atomic E-state index is 13.6. The number of carbonyl (C=O) groups excluding carboxylic acids is 4. The molecule has 3 saturated heterocycles. The summed E-state index contributed by atoms with van der Waals surface area (Å²) in [5, 5.41) is 10.6. The van der Waals surface area contributed by atoms with Gasteiger partial charge in [0.2, 0.25) is 17.7 Å². The van der Waals surface area contributed by atoms with Gasteiger partial charge in [-0.25, -0.2) is 9.97 Å². The van der Waals surface area contributed by atoms with Crippen LogP contribution in [-0.2, 0) is 26.2 Å². The van der Waals surface area contributed by atoms with Crippen LogP contribution >= 0.6 is 11.6 Å². The fourth-order valence-electron chi connectivity index (χ4n) is 7.85. The third-order valence-electron chi connectivity index (χ3n) is 10.9. The highest BCUT2D eigenvalue weighted by Gasteiger charge is 2.31. The smallest absolute Gasteiger partial charge is 0.254 e. The van der Waals surface area contributed by atoms with Gasteiger partial charge in [0.05, 0.1) is 42.5 Å². The summed E-state index contributed by atoms with van der Waals surface area (Å²) in [6, 6.07) is 14.6. The number of imidazole rings is 1. The summed E-state index contributed by atoms with van der Waals surface area (Å²) >= 11 is 6.53. The molecule has 3 N–H and O–H groups in total. The molecule has 0 spiro atoms. The number of carbonyl (C=O) groups is 4. The Morgan fingerprint density at radius 2 is 1.84 bits per heavy atom. The number of ether oxygens (including phenoxy) is 2. The number of amides is 4. The topological polar surface area (TPSA) is 177 Å². The molecule has 0 bridgehead atoms. The first-order valence-corrected chi connectivity index (χ1v) is 19.6. The number of aromatic nitrogens is 5. The van der Waals surface area contributed by atoms with Crippen LogP contribution in [0.15, 0.2) is 60.9 Å². The highest BCUT2D eigenvalue weighted by Crippen LogP contribution is 2.36. The third-order valence-corrected chi connectivity index (χ3v) is 11.1. The number of fused-ring (bicyclic) bond motifs is 1. The molecule has 3 aliphatic heterocycles. The first-order chi connectivity index (χ1) is 27.6. The molecule has 2 unspecified atom stereocenters. The number of hydrogen-bond acceptors (Lipinski definition) is 10. The number of rotatable bonds is 10. The lowest BCUT2D eigenvalue weighted by Gasteiger charge is -2.36. The van der Waals surface area contributed by atoms with Gasteiger partial charge in [-0.05, 0) is 74.1 Å². The number of H-pyrrole nitrogens is 1. The maximum atomic E-state index is 13.6. The van der Waals surface area contributed by atoms with Crippen LogP contribution < -0.4 is 15.4 Å². The predicted molar refractivity (Wildman–Crippen MR) is 212 cm³/mol. The Hall–Kier alpha value is -5.80. The van der Waals surface area contributed by atoms with Crippen molar-refractivity contribution >= 4 is 52.1 Å². The maximum Gasteiger partial charge on any atom is 0.254 e. The van der Waals surface area contributed by atoms with Gasteiger partial charge in [0.1, 0.15) is 22.1 Å². The Morgan fingerprint density at radius 3 is 2.60 bits per heavy atom. The van der Waals surface area contributed by atoms with Crippen molar-refractivity contribution in [3.8, 4) is 22.9 Å². The lowest BCUT2D eigenvalue weighted by atomic mass is 9.90. The molecule has 296 valence electrons. The number of imide groups is 1. The average molecular weight is 794 g/mol. The molecule has 2 aromatic carbocycles. The number of benzene rings is 2. The number of hydrogen-bond donors (Lipinski definition) is 3. The number of nitrogens with zero attached hydrogens (tertiary/aromatic N) is 6. The van der Waals surface area contributed by atoms with Crippen LogP contribution in [0.25, 0.3) is 22.6 Å². The fourth-order valence-corrected chi connectivity index (χ4v) is 8.04. The van der Waals surface area contributed by atoms with Gasteiger partial charge >= 0.3 is 0 Å². The van der Waals surface area contributed by atoms with Crippen LogP contribution in [0.3, 0.4) is 0 Å². The largest absolute Gasteiger partial charge is 0.453 e. The predicted octanol–water partition coefficient (Wildman–Crippen LogP) is 5.21. The van der Waals surface area contributed by atoms with E-state index in [4.69, 9.17) is 21.1 Å². The Morgan fingerprint density at radius 1 is 1.04 bits per heavy atom. The lowest BCUT2D eigenvalue weighted by Crippen LogP contribution is -2.48. The second kappa shape index (κ2) is 16.4. The van der Waals surface area contributed by atoms with Gasteiger partial charge < -0.3 is 29.6 Å². The van der Waals surface area contributed by atoms with Crippen LogP contribution in [0, 0.1) is 12.8 Å².